The zero-order chi connectivity index (χ0) is 15.0. The van der Waals surface area contributed by atoms with Crippen LogP contribution in [0, 0.1) is 0 Å². The maximum absolute atomic E-state index is 12.1. The van der Waals surface area contributed by atoms with Gasteiger partial charge in [0.25, 0.3) is 0 Å². The summed E-state index contributed by atoms with van der Waals surface area (Å²) in [7, 11) is -3.39. The van der Waals surface area contributed by atoms with Crippen molar-refractivity contribution in [2.24, 2.45) is 0 Å². The van der Waals surface area contributed by atoms with Crippen molar-refractivity contribution in [3.05, 3.63) is 18.0 Å². The molecule has 1 heterocycles. The number of hydrogen-bond donors (Lipinski definition) is 3. The third-order valence-corrected chi connectivity index (χ3v) is 5.50. The second-order valence-corrected chi connectivity index (χ2v) is 7.81. The summed E-state index contributed by atoms with van der Waals surface area (Å²) in [5.41, 5.74) is 0.885. The average Bonchev–Trinajstić information content (AvgIpc) is 2.88. The predicted molar refractivity (Wildman–Crippen MR) is 85.6 cm³/mol. The Morgan fingerprint density at radius 3 is 2.80 bits per heavy atom. The summed E-state index contributed by atoms with van der Waals surface area (Å²) in [6.07, 6.45) is 5.46. The Morgan fingerprint density at radius 1 is 1.40 bits per heavy atom. The van der Waals surface area contributed by atoms with Crippen LogP contribution in [0.25, 0.3) is 0 Å². The fourth-order valence-electron chi connectivity index (χ4n) is 1.67. The molecule has 0 aliphatic rings. The largest absolute Gasteiger partial charge is 0.363 e. The minimum absolute atomic E-state index is 0.308. The zero-order valence-corrected chi connectivity index (χ0v) is 14.0. The van der Waals surface area contributed by atoms with Crippen molar-refractivity contribution in [1.82, 2.24) is 15.0 Å². The number of aromatic nitrogens is 1. The molecular weight excluding hydrogens is 294 g/mol. The Balaban J connectivity index is 2.50. The van der Waals surface area contributed by atoms with Gasteiger partial charge in [0, 0.05) is 30.2 Å². The van der Waals surface area contributed by atoms with Crippen molar-refractivity contribution in [3.8, 4) is 0 Å². The van der Waals surface area contributed by atoms with Crippen LogP contribution in [0.15, 0.2) is 17.2 Å². The predicted octanol–water partition coefficient (Wildman–Crippen LogP) is 1.93. The Kier molecular flexibility index (Phi) is 7.65. The molecule has 0 aliphatic carbocycles. The summed E-state index contributed by atoms with van der Waals surface area (Å²) in [4.78, 5) is 3.30. The van der Waals surface area contributed by atoms with Crippen molar-refractivity contribution in [2.75, 3.05) is 19.3 Å². The third kappa shape index (κ3) is 5.87. The fraction of sp³-hybridized carbons (Fsp3) is 0.692. The van der Waals surface area contributed by atoms with Gasteiger partial charge in [0.15, 0.2) is 0 Å². The van der Waals surface area contributed by atoms with Gasteiger partial charge in [-0.3, -0.25) is 0 Å². The number of rotatable bonds is 10. The molecule has 0 aromatic carbocycles. The van der Waals surface area contributed by atoms with Gasteiger partial charge in [0.1, 0.15) is 0 Å². The normalized spacial score (nSPS) is 13.6. The van der Waals surface area contributed by atoms with E-state index in [2.05, 4.69) is 28.9 Å². The Morgan fingerprint density at radius 2 is 2.15 bits per heavy atom. The molecule has 0 fully saturated rings. The molecule has 1 aromatic rings. The first kappa shape index (κ1) is 17.6. The molecule has 0 radical (unpaired) electrons. The summed E-state index contributed by atoms with van der Waals surface area (Å²) in [5.74, 6) is 0. The van der Waals surface area contributed by atoms with Gasteiger partial charge in [0.05, 0.1) is 4.90 Å². The number of thioether (sulfide) groups is 1. The van der Waals surface area contributed by atoms with Crippen LogP contribution in [0.1, 0.15) is 32.4 Å². The Hall–Kier alpha value is -0.500. The number of nitrogens with one attached hydrogen (secondary N) is 3. The van der Waals surface area contributed by atoms with Gasteiger partial charge < -0.3 is 10.3 Å². The van der Waals surface area contributed by atoms with Gasteiger partial charge in [-0.15, -0.1) is 0 Å². The van der Waals surface area contributed by atoms with Crippen molar-refractivity contribution >= 4 is 21.8 Å². The van der Waals surface area contributed by atoms with Gasteiger partial charge in [-0.25, -0.2) is 13.1 Å². The van der Waals surface area contributed by atoms with Crippen molar-refractivity contribution in [2.45, 2.75) is 43.4 Å². The quantitative estimate of drug-likeness (QED) is 0.576. The van der Waals surface area contributed by atoms with E-state index in [1.54, 1.807) is 24.0 Å². The van der Waals surface area contributed by atoms with E-state index in [0.717, 1.165) is 25.1 Å². The molecule has 0 amide bonds. The molecule has 0 aliphatic heterocycles. The van der Waals surface area contributed by atoms with Gasteiger partial charge in [-0.05, 0) is 31.7 Å². The first-order chi connectivity index (χ1) is 9.49. The van der Waals surface area contributed by atoms with Gasteiger partial charge in [-0.2, -0.15) is 11.8 Å². The number of aromatic amines is 1. The molecule has 1 atom stereocenters. The van der Waals surface area contributed by atoms with Crippen molar-refractivity contribution in [1.29, 1.82) is 0 Å². The van der Waals surface area contributed by atoms with E-state index in [4.69, 9.17) is 0 Å². The van der Waals surface area contributed by atoms with Crippen molar-refractivity contribution < 1.29 is 8.42 Å². The first-order valence-corrected chi connectivity index (χ1v) is 9.67. The molecule has 20 heavy (non-hydrogen) atoms. The Labute approximate surface area is 126 Å². The minimum atomic E-state index is -3.39. The van der Waals surface area contributed by atoms with E-state index < -0.39 is 10.0 Å². The summed E-state index contributed by atoms with van der Waals surface area (Å²) in [6.45, 7) is 6.24. The lowest BCUT2D eigenvalue weighted by molar-refractivity contribution is 0.579. The lowest BCUT2D eigenvalue weighted by Crippen LogP contribution is -2.26. The van der Waals surface area contributed by atoms with Crippen molar-refractivity contribution in [3.63, 3.8) is 0 Å². The highest BCUT2D eigenvalue weighted by Gasteiger charge is 2.15. The first-order valence-electron chi connectivity index (χ1n) is 6.90. The second-order valence-electron chi connectivity index (χ2n) is 4.77. The number of hydrogen-bond acceptors (Lipinski definition) is 4. The molecule has 0 spiro atoms. The van der Waals surface area contributed by atoms with Gasteiger partial charge >= 0.3 is 0 Å². The van der Waals surface area contributed by atoms with Gasteiger partial charge in [-0.1, -0.05) is 13.8 Å². The molecule has 1 unspecified atom stereocenters. The zero-order valence-electron chi connectivity index (χ0n) is 12.4. The Bertz CT molecular complexity index is 486. The molecule has 1 aromatic heterocycles. The highest BCUT2D eigenvalue weighted by molar-refractivity contribution is 7.99. The minimum Gasteiger partial charge on any atom is -0.363 e. The van der Waals surface area contributed by atoms with Crippen LogP contribution in [0.2, 0.25) is 0 Å². The van der Waals surface area contributed by atoms with Crippen LogP contribution in [0.3, 0.4) is 0 Å². The number of H-pyrrole nitrogens is 1. The SMILES string of the molecule is CCCNCc1cc(S(=O)(=O)NCCC(C)SC)c[nH]1. The molecule has 5 nitrogen and oxygen atoms in total. The topological polar surface area (TPSA) is 74.0 Å². The third-order valence-electron chi connectivity index (χ3n) is 3.01. The van der Waals surface area contributed by atoms with E-state index >= 15 is 0 Å². The van der Waals surface area contributed by atoms with Crippen LogP contribution in [0.5, 0.6) is 0 Å². The van der Waals surface area contributed by atoms with E-state index in [1.807, 2.05) is 6.26 Å². The highest BCUT2D eigenvalue weighted by Crippen LogP contribution is 2.12. The molecular formula is C13H25N3O2S2. The van der Waals surface area contributed by atoms with Crippen LogP contribution < -0.4 is 10.0 Å². The van der Waals surface area contributed by atoms with E-state index in [0.29, 0.717) is 23.2 Å². The molecule has 1 rings (SSSR count). The molecule has 7 heteroatoms. The highest BCUT2D eigenvalue weighted by atomic mass is 32.2. The second kappa shape index (κ2) is 8.71. The smallest absolute Gasteiger partial charge is 0.242 e. The molecule has 3 N–H and O–H groups in total. The summed E-state index contributed by atoms with van der Waals surface area (Å²) in [5, 5.41) is 3.69. The average molecular weight is 319 g/mol. The maximum atomic E-state index is 12.1. The van der Waals surface area contributed by atoms with Crippen LogP contribution in [0.4, 0.5) is 0 Å². The summed E-state index contributed by atoms with van der Waals surface area (Å²) >= 11 is 1.74. The summed E-state index contributed by atoms with van der Waals surface area (Å²) < 4.78 is 26.8. The van der Waals surface area contributed by atoms with Crippen LogP contribution in [-0.4, -0.2) is 38.0 Å². The lowest BCUT2D eigenvalue weighted by Gasteiger charge is -2.08. The molecule has 0 saturated carbocycles. The van der Waals surface area contributed by atoms with Crippen LogP contribution >= 0.6 is 11.8 Å². The molecule has 0 bridgehead atoms. The van der Waals surface area contributed by atoms with E-state index in [-0.39, 0.29) is 0 Å². The monoisotopic (exact) mass is 319 g/mol. The number of sulfonamides is 1. The standard InChI is InChI=1S/C13H25N3O2S2/c1-4-6-14-9-12-8-13(10-15-12)20(17,18)16-7-5-11(2)19-3/h8,10-11,14-16H,4-7,9H2,1-3H3. The van der Waals surface area contributed by atoms with E-state index in [1.165, 1.54) is 0 Å². The van der Waals surface area contributed by atoms with Gasteiger partial charge in [0.2, 0.25) is 10.0 Å². The fourth-order valence-corrected chi connectivity index (χ4v) is 3.09. The van der Waals surface area contributed by atoms with E-state index in [9.17, 15) is 8.42 Å². The lowest BCUT2D eigenvalue weighted by atomic mass is 10.3. The maximum Gasteiger partial charge on any atom is 0.242 e. The molecule has 0 saturated heterocycles. The summed E-state index contributed by atoms with van der Waals surface area (Å²) in [6, 6.07) is 1.68. The molecule has 116 valence electrons. The van der Waals surface area contributed by atoms with Crippen LogP contribution in [-0.2, 0) is 16.6 Å².